The van der Waals surface area contributed by atoms with Crippen LogP contribution in [0.5, 0.6) is 0 Å². The van der Waals surface area contributed by atoms with Crippen LogP contribution in [0.15, 0.2) is 30.3 Å². The molecule has 4 nitrogen and oxygen atoms in total. The van der Waals surface area contributed by atoms with Crippen molar-refractivity contribution < 1.29 is 4.79 Å². The molecule has 0 aromatic heterocycles. The maximum Gasteiger partial charge on any atom is 0.224 e. The summed E-state index contributed by atoms with van der Waals surface area (Å²) in [4.78, 5) is 16.4. The number of carbonyl (C=O) groups is 1. The quantitative estimate of drug-likeness (QED) is 0.852. The van der Waals surface area contributed by atoms with Gasteiger partial charge in [0, 0.05) is 38.6 Å². The van der Waals surface area contributed by atoms with Crippen LogP contribution >= 0.6 is 0 Å². The third kappa shape index (κ3) is 3.25. The Kier molecular flexibility index (Phi) is 4.21. The van der Waals surface area contributed by atoms with Crippen LogP contribution in [0.25, 0.3) is 0 Å². The van der Waals surface area contributed by atoms with Gasteiger partial charge in [-0.25, -0.2) is 0 Å². The van der Waals surface area contributed by atoms with Crippen molar-refractivity contribution >= 4 is 5.91 Å². The summed E-state index contributed by atoms with van der Waals surface area (Å²) < 4.78 is 0. The molecule has 2 aliphatic heterocycles. The van der Waals surface area contributed by atoms with E-state index in [0.29, 0.717) is 19.0 Å². The first kappa shape index (κ1) is 14.1. The predicted molar refractivity (Wildman–Crippen MR) is 80.2 cm³/mol. The fourth-order valence-corrected chi connectivity index (χ4v) is 3.40. The van der Waals surface area contributed by atoms with Crippen molar-refractivity contribution in [2.24, 2.45) is 5.92 Å². The monoisotopic (exact) mass is 283 g/mol. The maximum absolute atomic E-state index is 12.0. The summed E-state index contributed by atoms with van der Waals surface area (Å²) in [5, 5.41) is 8.97. The topological polar surface area (TPSA) is 47.3 Å². The van der Waals surface area contributed by atoms with Crippen LogP contribution in [-0.4, -0.2) is 41.4 Å². The fourth-order valence-electron chi connectivity index (χ4n) is 3.40. The van der Waals surface area contributed by atoms with Crippen molar-refractivity contribution in [2.75, 3.05) is 19.6 Å². The number of hydrogen-bond donors (Lipinski definition) is 0. The number of nitrogens with zero attached hydrogens (tertiary/aromatic N) is 3. The van der Waals surface area contributed by atoms with E-state index < -0.39 is 0 Å². The lowest BCUT2D eigenvalue weighted by molar-refractivity contribution is -0.130. The highest BCUT2D eigenvalue weighted by Gasteiger charge is 2.35. The molecular weight excluding hydrogens is 262 g/mol. The van der Waals surface area contributed by atoms with E-state index in [4.69, 9.17) is 5.26 Å². The van der Waals surface area contributed by atoms with Crippen LogP contribution in [0.2, 0.25) is 0 Å². The van der Waals surface area contributed by atoms with Crippen LogP contribution in [0.3, 0.4) is 0 Å². The standard InChI is InChI=1S/C17H21N3O/c18-11-15-10-17(21)20(13-15)16-6-8-19(9-7-16)12-14-4-2-1-3-5-14/h1-5,15-16H,6-10,12-13H2. The van der Waals surface area contributed by atoms with Crippen LogP contribution in [0.4, 0.5) is 0 Å². The van der Waals surface area contributed by atoms with Crippen molar-refractivity contribution in [2.45, 2.75) is 31.8 Å². The molecule has 2 saturated heterocycles. The van der Waals surface area contributed by atoms with Gasteiger partial charge in [0.15, 0.2) is 0 Å². The summed E-state index contributed by atoms with van der Waals surface area (Å²) in [5.74, 6) is 0.0721. The van der Waals surface area contributed by atoms with Gasteiger partial charge in [0.25, 0.3) is 0 Å². The summed E-state index contributed by atoms with van der Waals surface area (Å²) in [5.41, 5.74) is 1.35. The first-order valence-electron chi connectivity index (χ1n) is 7.71. The van der Waals surface area contributed by atoms with Crippen molar-refractivity contribution in [1.29, 1.82) is 5.26 Å². The Morgan fingerprint density at radius 3 is 2.52 bits per heavy atom. The van der Waals surface area contributed by atoms with Crippen molar-refractivity contribution in [3.8, 4) is 6.07 Å². The molecule has 2 aliphatic rings. The van der Waals surface area contributed by atoms with Crippen LogP contribution < -0.4 is 0 Å². The maximum atomic E-state index is 12.0. The number of rotatable bonds is 3. The number of likely N-dealkylation sites (tertiary alicyclic amines) is 2. The summed E-state index contributed by atoms with van der Waals surface area (Å²) >= 11 is 0. The second-order valence-corrected chi connectivity index (χ2v) is 6.07. The molecular formula is C17H21N3O. The molecule has 0 N–H and O–H groups in total. The average molecular weight is 283 g/mol. The van der Waals surface area contributed by atoms with Crippen molar-refractivity contribution in [3.63, 3.8) is 0 Å². The molecule has 0 saturated carbocycles. The highest BCUT2D eigenvalue weighted by atomic mass is 16.2. The highest BCUT2D eigenvalue weighted by molar-refractivity contribution is 5.79. The molecule has 2 fully saturated rings. The first-order valence-corrected chi connectivity index (χ1v) is 7.71. The molecule has 1 unspecified atom stereocenters. The number of piperidine rings is 1. The van der Waals surface area contributed by atoms with E-state index >= 15 is 0 Å². The lowest BCUT2D eigenvalue weighted by Gasteiger charge is -2.36. The normalized spacial score (nSPS) is 24.2. The minimum atomic E-state index is -0.0974. The predicted octanol–water partition coefficient (Wildman–Crippen LogP) is 2.02. The first-order chi connectivity index (χ1) is 10.3. The van der Waals surface area contributed by atoms with Gasteiger partial charge in [0.2, 0.25) is 5.91 Å². The van der Waals surface area contributed by atoms with Gasteiger partial charge < -0.3 is 4.90 Å². The number of amides is 1. The number of nitriles is 1. The molecule has 0 spiro atoms. The largest absolute Gasteiger partial charge is 0.338 e. The molecule has 3 rings (SSSR count). The Bertz CT molecular complexity index is 529. The zero-order chi connectivity index (χ0) is 14.7. The Morgan fingerprint density at radius 2 is 1.90 bits per heavy atom. The van der Waals surface area contributed by atoms with E-state index in [1.165, 1.54) is 5.56 Å². The highest BCUT2D eigenvalue weighted by Crippen LogP contribution is 2.25. The van der Waals surface area contributed by atoms with Crippen LogP contribution in [0.1, 0.15) is 24.8 Å². The van der Waals surface area contributed by atoms with Gasteiger partial charge in [-0.2, -0.15) is 5.26 Å². The number of carbonyl (C=O) groups excluding carboxylic acids is 1. The summed E-state index contributed by atoms with van der Waals surface area (Å²) in [7, 11) is 0. The SMILES string of the molecule is N#CC1CC(=O)N(C2CCN(Cc3ccccc3)CC2)C1. The molecule has 0 radical (unpaired) electrons. The summed E-state index contributed by atoms with van der Waals surface area (Å²) in [6, 6.07) is 13.1. The zero-order valence-electron chi connectivity index (χ0n) is 12.2. The molecule has 1 aromatic carbocycles. The van der Waals surface area contributed by atoms with E-state index in [0.717, 1.165) is 32.5 Å². The van der Waals surface area contributed by atoms with Gasteiger partial charge in [0.1, 0.15) is 0 Å². The molecule has 4 heteroatoms. The third-order valence-corrected chi connectivity index (χ3v) is 4.59. The summed E-state index contributed by atoms with van der Waals surface area (Å²) in [6.45, 7) is 3.68. The van der Waals surface area contributed by atoms with Gasteiger partial charge in [-0.1, -0.05) is 30.3 Å². The lowest BCUT2D eigenvalue weighted by atomic mass is 10.0. The number of benzene rings is 1. The Labute approximate surface area is 126 Å². The van der Waals surface area contributed by atoms with E-state index in [9.17, 15) is 4.79 Å². The molecule has 1 amide bonds. The molecule has 1 atom stereocenters. The van der Waals surface area contributed by atoms with Crippen molar-refractivity contribution in [3.05, 3.63) is 35.9 Å². The van der Waals surface area contributed by atoms with E-state index in [2.05, 4.69) is 35.2 Å². The molecule has 110 valence electrons. The Balaban J connectivity index is 1.52. The van der Waals surface area contributed by atoms with Gasteiger partial charge in [0.05, 0.1) is 12.0 Å². The van der Waals surface area contributed by atoms with E-state index in [1.807, 2.05) is 11.0 Å². The average Bonchev–Trinajstić information content (AvgIpc) is 2.90. The van der Waals surface area contributed by atoms with Gasteiger partial charge in [-0.15, -0.1) is 0 Å². The van der Waals surface area contributed by atoms with Crippen molar-refractivity contribution in [1.82, 2.24) is 9.80 Å². The van der Waals surface area contributed by atoms with E-state index in [1.54, 1.807) is 0 Å². The number of hydrogen-bond acceptors (Lipinski definition) is 3. The fraction of sp³-hybridized carbons (Fsp3) is 0.529. The van der Waals surface area contributed by atoms with Gasteiger partial charge in [-0.3, -0.25) is 9.69 Å². The van der Waals surface area contributed by atoms with Crippen LogP contribution in [-0.2, 0) is 11.3 Å². The zero-order valence-corrected chi connectivity index (χ0v) is 12.2. The van der Waals surface area contributed by atoms with Gasteiger partial charge in [-0.05, 0) is 18.4 Å². The molecule has 1 aromatic rings. The van der Waals surface area contributed by atoms with E-state index in [-0.39, 0.29) is 11.8 Å². The second-order valence-electron chi connectivity index (χ2n) is 6.07. The summed E-state index contributed by atoms with van der Waals surface area (Å²) in [6.07, 6.45) is 2.47. The van der Waals surface area contributed by atoms with Gasteiger partial charge >= 0.3 is 0 Å². The third-order valence-electron chi connectivity index (χ3n) is 4.59. The minimum Gasteiger partial charge on any atom is -0.338 e. The smallest absolute Gasteiger partial charge is 0.224 e. The molecule has 0 aliphatic carbocycles. The molecule has 21 heavy (non-hydrogen) atoms. The molecule has 2 heterocycles. The Hall–Kier alpha value is -1.86. The molecule has 0 bridgehead atoms. The minimum absolute atomic E-state index is 0.0974. The van der Waals surface area contributed by atoms with Crippen LogP contribution in [0, 0.1) is 17.2 Å². The Morgan fingerprint density at radius 1 is 1.19 bits per heavy atom. The second kappa shape index (κ2) is 6.28. The lowest BCUT2D eigenvalue weighted by Crippen LogP contribution is -2.45.